The number of halogens is 3. The lowest BCUT2D eigenvalue weighted by Gasteiger charge is -2.40. The molecule has 0 radical (unpaired) electrons. The van der Waals surface area contributed by atoms with Crippen molar-refractivity contribution in [2.24, 2.45) is 0 Å². The summed E-state index contributed by atoms with van der Waals surface area (Å²) in [6.45, 7) is 3.70. The third-order valence-electron chi connectivity index (χ3n) is 3.76. The smallest absolute Gasteiger partial charge is 0.410 e. The molecule has 10 heteroatoms. The number of rotatable bonds is 3. The van der Waals surface area contributed by atoms with Gasteiger partial charge in [-0.3, -0.25) is 10.1 Å². The molecule has 1 fully saturated rings. The molecule has 0 spiro atoms. The van der Waals surface area contributed by atoms with Gasteiger partial charge in [0, 0.05) is 25.7 Å². The minimum Gasteiger partial charge on any atom is -0.450 e. The monoisotopic (exact) mass is 347 g/mol. The van der Waals surface area contributed by atoms with E-state index in [2.05, 4.69) is 0 Å². The van der Waals surface area contributed by atoms with Gasteiger partial charge in [0.15, 0.2) is 11.6 Å². The van der Waals surface area contributed by atoms with Gasteiger partial charge in [-0.15, -0.1) is 0 Å². The second-order valence-corrected chi connectivity index (χ2v) is 5.30. The maximum Gasteiger partial charge on any atom is 0.410 e. The van der Waals surface area contributed by atoms with E-state index in [1.807, 2.05) is 0 Å². The first kappa shape index (κ1) is 17.8. The lowest BCUT2D eigenvalue weighted by Crippen LogP contribution is -2.54. The molecule has 0 bridgehead atoms. The van der Waals surface area contributed by atoms with Crippen molar-refractivity contribution in [1.82, 2.24) is 4.90 Å². The van der Waals surface area contributed by atoms with Crippen molar-refractivity contribution in [2.75, 3.05) is 31.1 Å². The Morgan fingerprint density at radius 1 is 1.38 bits per heavy atom. The maximum atomic E-state index is 14.1. The summed E-state index contributed by atoms with van der Waals surface area (Å²) >= 11 is 0. The topological polar surface area (TPSA) is 75.9 Å². The molecule has 1 saturated heterocycles. The first-order chi connectivity index (χ1) is 11.3. The van der Waals surface area contributed by atoms with Crippen LogP contribution in [0.2, 0.25) is 0 Å². The molecule has 0 saturated carbocycles. The van der Waals surface area contributed by atoms with E-state index in [-0.39, 0.29) is 26.2 Å². The predicted octanol–water partition coefficient (Wildman–Crippen LogP) is 2.68. The number of piperazine rings is 1. The highest BCUT2D eigenvalue weighted by molar-refractivity contribution is 5.68. The summed E-state index contributed by atoms with van der Waals surface area (Å²) in [4.78, 5) is 23.8. The molecular weight excluding hydrogens is 331 g/mol. The molecule has 1 amide bonds. The third-order valence-corrected chi connectivity index (χ3v) is 3.76. The number of ether oxygens (including phenoxy) is 1. The Kier molecular flexibility index (Phi) is 5.15. The number of nitro groups is 1. The molecule has 0 aliphatic carbocycles. The molecule has 2 rings (SSSR count). The highest BCUT2D eigenvalue weighted by Crippen LogP contribution is 2.32. The third kappa shape index (κ3) is 3.22. The van der Waals surface area contributed by atoms with Crippen LogP contribution in [0.3, 0.4) is 0 Å². The number of anilines is 1. The second-order valence-electron chi connectivity index (χ2n) is 5.30. The summed E-state index contributed by atoms with van der Waals surface area (Å²) in [5.41, 5.74) is -1.93. The maximum absolute atomic E-state index is 14.1. The van der Waals surface area contributed by atoms with Crippen LogP contribution in [0.25, 0.3) is 0 Å². The van der Waals surface area contributed by atoms with Gasteiger partial charge < -0.3 is 14.5 Å². The first-order valence-electron chi connectivity index (χ1n) is 7.28. The van der Waals surface area contributed by atoms with Crippen molar-refractivity contribution in [1.29, 1.82) is 0 Å². The number of nitrogens with zero attached hydrogens (tertiary/aromatic N) is 3. The van der Waals surface area contributed by atoms with E-state index in [4.69, 9.17) is 4.74 Å². The summed E-state index contributed by atoms with van der Waals surface area (Å²) < 4.78 is 46.8. The van der Waals surface area contributed by atoms with E-state index < -0.39 is 45.9 Å². The molecule has 1 aromatic carbocycles. The van der Waals surface area contributed by atoms with Crippen LogP contribution in [0.15, 0.2) is 6.07 Å². The Balaban J connectivity index is 2.27. The Bertz CT molecular complexity index is 671. The summed E-state index contributed by atoms with van der Waals surface area (Å²) in [6.07, 6.45) is -0.541. The second kappa shape index (κ2) is 6.93. The fraction of sp³-hybridized carbons (Fsp3) is 0.500. The molecule has 132 valence electrons. The van der Waals surface area contributed by atoms with Crippen LogP contribution >= 0.6 is 0 Å². The Hall–Kier alpha value is -2.52. The van der Waals surface area contributed by atoms with Gasteiger partial charge >= 0.3 is 11.8 Å². The quantitative estimate of drug-likeness (QED) is 0.477. The Morgan fingerprint density at radius 3 is 2.58 bits per heavy atom. The van der Waals surface area contributed by atoms with Gasteiger partial charge in [-0.05, 0) is 13.8 Å². The standard InChI is InChI=1S/C14H16F3N3O4/c1-3-24-14(21)19-5-4-18(7-8(19)2)13-9(15)6-10(20(22)23)11(16)12(13)17/h6,8H,3-5,7H2,1-2H3. The average Bonchev–Trinajstić information content (AvgIpc) is 2.51. The Labute approximate surface area is 135 Å². The minimum absolute atomic E-state index is 0.0317. The van der Waals surface area contributed by atoms with Crippen LogP contribution in [0.4, 0.5) is 29.3 Å². The molecule has 1 aromatic rings. The number of nitro benzene ring substituents is 1. The first-order valence-corrected chi connectivity index (χ1v) is 7.28. The molecule has 1 heterocycles. The summed E-state index contributed by atoms with van der Waals surface area (Å²) in [7, 11) is 0. The van der Waals surface area contributed by atoms with Crippen LogP contribution < -0.4 is 4.90 Å². The van der Waals surface area contributed by atoms with Crippen LogP contribution in [0, 0.1) is 27.6 Å². The largest absolute Gasteiger partial charge is 0.450 e. The molecule has 24 heavy (non-hydrogen) atoms. The van der Waals surface area contributed by atoms with Gasteiger partial charge in [0.2, 0.25) is 5.82 Å². The number of amides is 1. The number of hydrogen-bond donors (Lipinski definition) is 0. The molecule has 1 aliphatic rings. The van der Waals surface area contributed by atoms with Crippen molar-refractivity contribution < 1.29 is 27.6 Å². The van der Waals surface area contributed by atoms with Gasteiger partial charge in [-0.25, -0.2) is 13.6 Å². The van der Waals surface area contributed by atoms with Crippen molar-refractivity contribution >= 4 is 17.5 Å². The lowest BCUT2D eigenvalue weighted by molar-refractivity contribution is -0.388. The number of hydrogen-bond acceptors (Lipinski definition) is 5. The summed E-state index contributed by atoms with van der Waals surface area (Å²) in [6, 6.07) is -0.0780. The SMILES string of the molecule is CCOC(=O)N1CCN(c2c(F)cc([N+](=O)[O-])c(F)c2F)CC1C. The molecule has 1 atom stereocenters. The van der Waals surface area contributed by atoms with Crippen LogP contribution in [-0.2, 0) is 4.74 Å². The van der Waals surface area contributed by atoms with Crippen LogP contribution in [-0.4, -0.2) is 48.2 Å². The highest BCUT2D eigenvalue weighted by Gasteiger charge is 2.34. The van der Waals surface area contributed by atoms with Crippen molar-refractivity contribution in [3.8, 4) is 0 Å². The van der Waals surface area contributed by atoms with E-state index in [0.29, 0.717) is 6.07 Å². The Morgan fingerprint density at radius 2 is 2.04 bits per heavy atom. The summed E-state index contributed by atoms with van der Waals surface area (Å²) in [5, 5.41) is 10.6. The number of benzene rings is 1. The van der Waals surface area contributed by atoms with E-state index >= 15 is 0 Å². The zero-order valence-electron chi connectivity index (χ0n) is 13.1. The van der Waals surface area contributed by atoms with Crippen molar-refractivity contribution in [3.05, 3.63) is 33.6 Å². The number of carbonyl (C=O) groups excluding carboxylic acids is 1. The minimum atomic E-state index is -1.71. The fourth-order valence-corrected chi connectivity index (χ4v) is 2.63. The van der Waals surface area contributed by atoms with Crippen molar-refractivity contribution in [3.63, 3.8) is 0 Å². The van der Waals surface area contributed by atoms with Gasteiger partial charge in [0.25, 0.3) is 0 Å². The zero-order valence-corrected chi connectivity index (χ0v) is 13.1. The van der Waals surface area contributed by atoms with E-state index in [1.165, 1.54) is 9.80 Å². The molecule has 0 N–H and O–H groups in total. The lowest BCUT2D eigenvalue weighted by atomic mass is 10.1. The molecular formula is C14H16F3N3O4. The van der Waals surface area contributed by atoms with Gasteiger partial charge in [0.1, 0.15) is 5.69 Å². The van der Waals surface area contributed by atoms with E-state index in [1.54, 1.807) is 13.8 Å². The molecule has 0 aromatic heterocycles. The molecule has 1 unspecified atom stereocenters. The zero-order chi connectivity index (χ0) is 18.0. The number of carbonyl (C=O) groups is 1. The average molecular weight is 347 g/mol. The van der Waals surface area contributed by atoms with E-state index in [9.17, 15) is 28.1 Å². The van der Waals surface area contributed by atoms with Crippen molar-refractivity contribution in [2.45, 2.75) is 19.9 Å². The molecule has 7 nitrogen and oxygen atoms in total. The van der Waals surface area contributed by atoms with E-state index in [0.717, 1.165) is 0 Å². The van der Waals surface area contributed by atoms with Gasteiger partial charge in [0.05, 0.1) is 17.6 Å². The highest BCUT2D eigenvalue weighted by atomic mass is 19.2. The van der Waals surface area contributed by atoms with Crippen LogP contribution in [0.5, 0.6) is 0 Å². The van der Waals surface area contributed by atoms with Gasteiger partial charge in [-0.2, -0.15) is 4.39 Å². The predicted molar refractivity (Wildman–Crippen MR) is 78.4 cm³/mol. The summed E-state index contributed by atoms with van der Waals surface area (Å²) in [5.74, 6) is -4.55. The van der Waals surface area contributed by atoms with Gasteiger partial charge in [-0.1, -0.05) is 0 Å². The fourth-order valence-electron chi connectivity index (χ4n) is 2.63. The van der Waals surface area contributed by atoms with Crippen LogP contribution in [0.1, 0.15) is 13.8 Å². The molecule has 1 aliphatic heterocycles. The normalized spacial score (nSPS) is 17.8.